The van der Waals surface area contributed by atoms with Gasteiger partial charge in [0.1, 0.15) is 17.2 Å². The summed E-state index contributed by atoms with van der Waals surface area (Å²) in [5.41, 5.74) is -1.79. The zero-order valence-electron chi connectivity index (χ0n) is 17.7. The number of amides is 1. The van der Waals surface area contributed by atoms with E-state index in [4.69, 9.17) is 15.0 Å². The molecule has 0 bridgehead atoms. The second-order valence-corrected chi connectivity index (χ2v) is 6.62. The lowest BCUT2D eigenvalue weighted by Gasteiger charge is -2.27. The standard InChI is InChI=1S/C15H29NO5/c1-10(9-17)8-11(12(18)20-14(2,3)4)16-13(19)21-15(5,6)7/h10-11,17H,8-9H2,1-7H3,(H,16,19)/t10-,11-/m1/s1/i1+1,8D,9D2,10D/t8-,10-,11-. The number of carbonyl (C=O) groups excluding carboxylic acids is 2. The average molecular weight is 308 g/mol. The van der Waals surface area contributed by atoms with Gasteiger partial charge in [0.05, 0.1) is 2.74 Å². The number of carbonyl (C=O) groups is 2. The van der Waals surface area contributed by atoms with Gasteiger partial charge in [-0.05, 0) is 53.8 Å². The first kappa shape index (κ1) is 13.4. The number of nitrogens with one attached hydrogen (secondary N) is 1. The third kappa shape index (κ3) is 10.1. The van der Waals surface area contributed by atoms with Crippen molar-refractivity contribution in [2.24, 2.45) is 5.89 Å². The van der Waals surface area contributed by atoms with Crippen molar-refractivity contribution in [3.05, 3.63) is 0 Å². The van der Waals surface area contributed by atoms with Gasteiger partial charge in [-0.15, -0.1) is 0 Å². The molecule has 0 saturated heterocycles. The van der Waals surface area contributed by atoms with Crippen LogP contribution in [0.5, 0.6) is 0 Å². The molecule has 0 aromatic heterocycles. The molecule has 0 aromatic carbocycles. The Kier molecular flexibility index (Phi) is 4.86. The van der Waals surface area contributed by atoms with E-state index < -0.39 is 48.2 Å². The van der Waals surface area contributed by atoms with Gasteiger partial charge in [-0.25, -0.2) is 9.59 Å². The molecular formula is C15H29NO5. The van der Waals surface area contributed by atoms with Gasteiger partial charge in [0.25, 0.3) is 0 Å². The maximum Gasteiger partial charge on any atom is 0.408 e. The van der Waals surface area contributed by atoms with E-state index in [0.717, 1.165) is 6.92 Å². The lowest BCUT2D eigenvalue weighted by Crippen LogP contribution is -2.47. The zero-order chi connectivity index (χ0) is 20.4. The minimum atomic E-state index is -3.09. The summed E-state index contributed by atoms with van der Waals surface area (Å²) in [7, 11) is 0. The van der Waals surface area contributed by atoms with Crippen molar-refractivity contribution < 1.29 is 29.7 Å². The van der Waals surface area contributed by atoms with E-state index in [0.29, 0.717) is 0 Å². The van der Waals surface area contributed by atoms with E-state index in [2.05, 4.69) is 5.32 Å². The molecule has 0 aliphatic carbocycles. The van der Waals surface area contributed by atoms with E-state index in [1.54, 1.807) is 41.5 Å². The molecule has 0 rings (SSSR count). The third-order valence-corrected chi connectivity index (χ3v) is 1.93. The monoisotopic (exact) mass is 308 g/mol. The highest BCUT2D eigenvalue weighted by molar-refractivity contribution is 5.81. The van der Waals surface area contributed by atoms with Crippen LogP contribution in [0.25, 0.3) is 0 Å². The lowest BCUT2D eigenvalue weighted by molar-refractivity contribution is -0.158. The average Bonchev–Trinajstić information content (AvgIpc) is 2.28. The predicted octanol–water partition coefficient (Wildman–Crippen LogP) is 2.24. The van der Waals surface area contributed by atoms with E-state index >= 15 is 0 Å². The van der Waals surface area contributed by atoms with E-state index in [1.807, 2.05) is 0 Å². The summed E-state index contributed by atoms with van der Waals surface area (Å²) < 4.78 is 40.9. The van der Waals surface area contributed by atoms with Crippen LogP contribution in [0.2, 0.25) is 0 Å². The topological polar surface area (TPSA) is 84.9 Å². The van der Waals surface area contributed by atoms with E-state index in [-0.39, 0.29) is 0 Å². The van der Waals surface area contributed by atoms with Crippen LogP contribution in [-0.2, 0) is 14.3 Å². The van der Waals surface area contributed by atoms with Crippen molar-refractivity contribution >= 4 is 12.1 Å². The van der Waals surface area contributed by atoms with Crippen LogP contribution in [-0.4, -0.2) is 41.0 Å². The number of rotatable bonds is 5. The Bertz CT molecular complexity index is 492. The summed E-state index contributed by atoms with van der Waals surface area (Å²) in [6, 6.07) is -1.71. The Morgan fingerprint density at radius 1 is 1.19 bits per heavy atom. The highest BCUT2D eigenvalue weighted by Gasteiger charge is 2.29. The van der Waals surface area contributed by atoms with Gasteiger partial charge in [0.2, 0.25) is 0 Å². The lowest BCUT2D eigenvalue weighted by atomic mass is 10.1. The second kappa shape index (κ2) is 7.64. The summed E-state index contributed by atoms with van der Waals surface area (Å²) in [5, 5.41) is 11.7. The minimum Gasteiger partial charge on any atom is -0.458 e. The van der Waals surface area contributed by atoms with E-state index in [1.165, 1.54) is 0 Å². The van der Waals surface area contributed by atoms with Crippen LogP contribution in [0.15, 0.2) is 0 Å². The molecule has 0 heterocycles. The molecule has 0 aliphatic rings. The SMILES string of the molecule is [2H][C@@H]([C@@H](NC(=O)OC(C)(C)C)C(=O)OC(C)(C)C)[C@@]([2H])([13CH3])C([2H])([2H])O. The normalized spacial score (nSPS) is 21.5. The van der Waals surface area contributed by atoms with Crippen molar-refractivity contribution in [2.45, 2.75) is 72.1 Å². The molecule has 6 nitrogen and oxygen atoms in total. The van der Waals surface area contributed by atoms with Crippen LogP contribution >= 0.6 is 0 Å². The molecule has 0 fully saturated rings. The fourth-order valence-electron chi connectivity index (χ4n) is 1.26. The molecule has 2 N–H and O–H groups in total. The molecule has 6 heteroatoms. The first-order valence-electron chi connectivity index (χ1n) is 8.73. The van der Waals surface area contributed by atoms with Crippen LogP contribution in [0, 0.1) is 5.89 Å². The van der Waals surface area contributed by atoms with Gasteiger partial charge >= 0.3 is 12.1 Å². The molecule has 0 spiro atoms. The maximum absolute atomic E-state index is 12.4. The van der Waals surface area contributed by atoms with Gasteiger partial charge in [-0.2, -0.15) is 0 Å². The highest BCUT2D eigenvalue weighted by Crippen LogP contribution is 2.14. The molecule has 0 saturated carbocycles. The molecule has 124 valence electrons. The molecule has 0 radical (unpaired) electrons. The largest absolute Gasteiger partial charge is 0.458 e. The zero-order valence-corrected chi connectivity index (χ0v) is 13.7. The molecule has 0 aliphatic heterocycles. The fraction of sp³-hybridized carbons (Fsp3) is 0.867. The Morgan fingerprint density at radius 3 is 2.05 bits per heavy atom. The number of ether oxygens (including phenoxy) is 2. The molecule has 0 aromatic rings. The molecule has 0 unspecified atom stereocenters. The Hall–Kier alpha value is -1.30. The fourth-order valence-corrected chi connectivity index (χ4v) is 1.26. The summed E-state index contributed by atoms with van der Waals surface area (Å²) in [6.07, 6.45) is -2.88. The van der Waals surface area contributed by atoms with Crippen LogP contribution in [0.4, 0.5) is 4.79 Å². The number of hydrogen-bond acceptors (Lipinski definition) is 5. The first-order chi connectivity index (χ1) is 10.8. The van der Waals surface area contributed by atoms with Crippen molar-refractivity contribution in [2.75, 3.05) is 6.56 Å². The summed E-state index contributed by atoms with van der Waals surface area (Å²) in [5.74, 6) is -3.45. The first-order valence-corrected chi connectivity index (χ1v) is 6.65. The number of esters is 1. The summed E-state index contributed by atoms with van der Waals surface area (Å²) in [4.78, 5) is 24.4. The van der Waals surface area contributed by atoms with Crippen LogP contribution in [0.1, 0.15) is 60.3 Å². The molecule has 21 heavy (non-hydrogen) atoms. The second-order valence-electron chi connectivity index (χ2n) is 6.62. The molecular weight excluding hydrogens is 275 g/mol. The highest BCUT2D eigenvalue weighted by atomic mass is 16.6. The summed E-state index contributed by atoms with van der Waals surface area (Å²) in [6.45, 7) is 7.43. The van der Waals surface area contributed by atoms with Gasteiger partial charge < -0.3 is 19.9 Å². The Labute approximate surface area is 132 Å². The van der Waals surface area contributed by atoms with Crippen LogP contribution < -0.4 is 5.32 Å². The van der Waals surface area contributed by atoms with Crippen molar-refractivity contribution in [1.29, 1.82) is 0 Å². The van der Waals surface area contributed by atoms with Gasteiger partial charge in [0, 0.05) is 9.30 Å². The van der Waals surface area contributed by atoms with Gasteiger partial charge in [-0.3, -0.25) is 0 Å². The summed E-state index contributed by atoms with van der Waals surface area (Å²) >= 11 is 0. The van der Waals surface area contributed by atoms with Crippen molar-refractivity contribution in [1.82, 2.24) is 5.32 Å². The van der Waals surface area contributed by atoms with E-state index in [9.17, 15) is 14.7 Å². The Balaban J connectivity index is 5.61. The maximum atomic E-state index is 12.4. The molecule has 3 atom stereocenters. The third-order valence-electron chi connectivity index (χ3n) is 1.93. The Morgan fingerprint density at radius 2 is 1.67 bits per heavy atom. The van der Waals surface area contributed by atoms with Crippen LogP contribution in [0.3, 0.4) is 0 Å². The predicted molar refractivity (Wildman–Crippen MR) is 79.9 cm³/mol. The van der Waals surface area contributed by atoms with Gasteiger partial charge in [-0.1, -0.05) is 6.92 Å². The van der Waals surface area contributed by atoms with Crippen molar-refractivity contribution in [3.8, 4) is 0 Å². The number of alkyl carbamates (subject to hydrolysis) is 1. The quantitative estimate of drug-likeness (QED) is 0.601. The van der Waals surface area contributed by atoms with Gasteiger partial charge in [0.15, 0.2) is 0 Å². The molecule has 1 amide bonds. The van der Waals surface area contributed by atoms with Crippen molar-refractivity contribution in [3.63, 3.8) is 0 Å². The number of aliphatic hydroxyl groups is 1. The smallest absolute Gasteiger partial charge is 0.408 e. The number of hydrogen-bond donors (Lipinski definition) is 2. The minimum absolute atomic E-state index is 0.865.